The topological polar surface area (TPSA) is 20.2 Å². The van der Waals surface area contributed by atoms with Crippen molar-refractivity contribution in [3.63, 3.8) is 0 Å². The van der Waals surface area contributed by atoms with Gasteiger partial charge in [0.1, 0.15) is 5.82 Å². The Bertz CT molecular complexity index is 574. The molecule has 0 saturated heterocycles. The van der Waals surface area contributed by atoms with Gasteiger partial charge in [0.05, 0.1) is 6.10 Å². The largest absolute Gasteiger partial charge is 0.392 e. The highest BCUT2D eigenvalue weighted by molar-refractivity contribution is 9.10. The third kappa shape index (κ3) is 4.03. The Morgan fingerprint density at radius 1 is 1.11 bits per heavy atom. The molecule has 0 aliphatic heterocycles. The Balaban J connectivity index is 2.05. The number of hydrogen-bond acceptors (Lipinski definition) is 1. The molecule has 0 spiro atoms. The zero-order valence-electron chi connectivity index (χ0n) is 10.1. The van der Waals surface area contributed by atoms with Crippen LogP contribution in [0.5, 0.6) is 0 Å². The van der Waals surface area contributed by atoms with E-state index in [9.17, 15) is 9.50 Å². The third-order valence-electron chi connectivity index (χ3n) is 2.88. The molecule has 1 atom stereocenters. The fraction of sp³-hybridized carbons (Fsp3) is 0.200. The summed E-state index contributed by atoms with van der Waals surface area (Å²) in [6.07, 6.45) is 0.372. The minimum Gasteiger partial charge on any atom is -0.392 e. The average molecular weight is 344 g/mol. The Kier molecular flexibility index (Phi) is 4.97. The highest BCUT2D eigenvalue weighted by Gasteiger charge is 2.11. The van der Waals surface area contributed by atoms with Crippen LogP contribution < -0.4 is 0 Å². The summed E-state index contributed by atoms with van der Waals surface area (Å²) in [5.74, 6) is -0.295. The van der Waals surface area contributed by atoms with Crippen LogP contribution in [0.25, 0.3) is 0 Å². The zero-order chi connectivity index (χ0) is 13.8. The standard InChI is InChI=1S/C15H13BrClFO/c16-14-9-12(18)6-5-10(14)7-13(19)8-11-3-1-2-4-15(11)17/h1-6,9,13,19H,7-8H2. The monoisotopic (exact) mass is 342 g/mol. The van der Waals surface area contributed by atoms with Gasteiger partial charge in [-0.1, -0.05) is 51.8 Å². The minimum absolute atomic E-state index is 0.295. The molecule has 1 unspecified atom stereocenters. The van der Waals surface area contributed by atoms with Gasteiger partial charge >= 0.3 is 0 Å². The first-order valence-corrected chi connectivity index (χ1v) is 7.09. The molecule has 0 heterocycles. The molecule has 0 aromatic heterocycles. The highest BCUT2D eigenvalue weighted by atomic mass is 79.9. The van der Waals surface area contributed by atoms with E-state index in [4.69, 9.17) is 11.6 Å². The number of aliphatic hydroxyl groups is 1. The van der Waals surface area contributed by atoms with Crippen molar-refractivity contribution in [1.29, 1.82) is 0 Å². The average Bonchev–Trinajstić information content (AvgIpc) is 2.36. The van der Waals surface area contributed by atoms with E-state index >= 15 is 0 Å². The van der Waals surface area contributed by atoms with Gasteiger partial charge in [-0.2, -0.15) is 0 Å². The maximum absolute atomic E-state index is 13.0. The number of rotatable bonds is 4. The summed E-state index contributed by atoms with van der Waals surface area (Å²) in [6, 6.07) is 11.9. The first-order valence-electron chi connectivity index (χ1n) is 5.91. The molecule has 1 N–H and O–H groups in total. The van der Waals surface area contributed by atoms with Gasteiger partial charge in [-0.3, -0.25) is 0 Å². The van der Waals surface area contributed by atoms with Crippen LogP contribution in [0.15, 0.2) is 46.9 Å². The predicted molar refractivity (Wildman–Crippen MR) is 79.0 cm³/mol. The van der Waals surface area contributed by atoms with Crippen LogP contribution >= 0.6 is 27.5 Å². The number of hydrogen-bond donors (Lipinski definition) is 1. The van der Waals surface area contributed by atoms with E-state index in [1.54, 1.807) is 12.1 Å². The molecular weight excluding hydrogens is 331 g/mol. The van der Waals surface area contributed by atoms with Gasteiger partial charge in [0.2, 0.25) is 0 Å². The van der Waals surface area contributed by atoms with Crippen LogP contribution in [0.3, 0.4) is 0 Å². The fourth-order valence-electron chi connectivity index (χ4n) is 1.93. The SMILES string of the molecule is OC(Cc1ccccc1Cl)Cc1ccc(F)cc1Br. The molecule has 19 heavy (non-hydrogen) atoms. The van der Waals surface area contributed by atoms with Gasteiger partial charge in [0.25, 0.3) is 0 Å². The molecule has 0 bridgehead atoms. The van der Waals surface area contributed by atoms with E-state index in [1.165, 1.54) is 12.1 Å². The van der Waals surface area contributed by atoms with E-state index in [0.717, 1.165) is 11.1 Å². The van der Waals surface area contributed by atoms with Crippen molar-refractivity contribution >= 4 is 27.5 Å². The van der Waals surface area contributed by atoms with Crippen molar-refractivity contribution in [3.05, 3.63) is 68.9 Å². The smallest absolute Gasteiger partial charge is 0.124 e. The molecule has 2 aromatic carbocycles. The van der Waals surface area contributed by atoms with E-state index in [1.807, 2.05) is 18.2 Å². The second kappa shape index (κ2) is 6.51. The summed E-state index contributed by atoms with van der Waals surface area (Å²) >= 11 is 9.35. The van der Waals surface area contributed by atoms with Gasteiger partial charge in [-0.25, -0.2) is 4.39 Å². The lowest BCUT2D eigenvalue weighted by Crippen LogP contribution is -2.14. The molecule has 1 nitrogen and oxygen atoms in total. The summed E-state index contributed by atoms with van der Waals surface area (Å²) in [5.41, 5.74) is 1.79. The van der Waals surface area contributed by atoms with E-state index in [2.05, 4.69) is 15.9 Å². The van der Waals surface area contributed by atoms with Gasteiger partial charge in [-0.05, 0) is 35.7 Å². The van der Waals surface area contributed by atoms with Gasteiger partial charge < -0.3 is 5.11 Å². The first kappa shape index (κ1) is 14.5. The predicted octanol–water partition coefficient (Wildman–Crippen LogP) is 4.39. The van der Waals surface area contributed by atoms with Crippen molar-refractivity contribution < 1.29 is 9.50 Å². The molecule has 100 valence electrons. The van der Waals surface area contributed by atoms with Crippen molar-refractivity contribution in [3.8, 4) is 0 Å². The van der Waals surface area contributed by atoms with Crippen molar-refractivity contribution in [1.82, 2.24) is 0 Å². The van der Waals surface area contributed by atoms with E-state index < -0.39 is 6.10 Å². The molecule has 2 rings (SSSR count). The molecule has 0 aliphatic carbocycles. The maximum Gasteiger partial charge on any atom is 0.124 e. The lowest BCUT2D eigenvalue weighted by Gasteiger charge is -2.13. The summed E-state index contributed by atoms with van der Waals surface area (Å²) in [7, 11) is 0. The molecule has 0 radical (unpaired) electrons. The molecule has 4 heteroatoms. The molecular formula is C15H13BrClFO. The number of benzene rings is 2. The Hall–Kier alpha value is -0.900. The summed E-state index contributed by atoms with van der Waals surface area (Å²) in [4.78, 5) is 0. The second-order valence-electron chi connectivity index (χ2n) is 4.39. The van der Waals surface area contributed by atoms with Crippen LogP contribution in [-0.2, 0) is 12.8 Å². The number of aliphatic hydroxyl groups excluding tert-OH is 1. The lowest BCUT2D eigenvalue weighted by molar-refractivity contribution is 0.175. The second-order valence-corrected chi connectivity index (χ2v) is 5.65. The van der Waals surface area contributed by atoms with E-state index in [-0.39, 0.29) is 5.82 Å². The summed E-state index contributed by atoms with van der Waals surface area (Å²) < 4.78 is 13.6. The van der Waals surface area contributed by atoms with Crippen LogP contribution in [0.1, 0.15) is 11.1 Å². The highest BCUT2D eigenvalue weighted by Crippen LogP contribution is 2.22. The zero-order valence-corrected chi connectivity index (χ0v) is 12.5. The van der Waals surface area contributed by atoms with Crippen molar-refractivity contribution in [2.45, 2.75) is 18.9 Å². The molecule has 0 amide bonds. The quantitative estimate of drug-likeness (QED) is 0.873. The summed E-state index contributed by atoms with van der Waals surface area (Å²) in [6.45, 7) is 0. The summed E-state index contributed by atoms with van der Waals surface area (Å²) in [5, 5.41) is 10.8. The normalized spacial score (nSPS) is 12.4. The van der Waals surface area contributed by atoms with Gasteiger partial charge in [-0.15, -0.1) is 0 Å². The van der Waals surface area contributed by atoms with Gasteiger partial charge in [0.15, 0.2) is 0 Å². The minimum atomic E-state index is -0.554. The van der Waals surface area contributed by atoms with Crippen LogP contribution in [0.2, 0.25) is 5.02 Å². The fourth-order valence-corrected chi connectivity index (χ4v) is 2.66. The van der Waals surface area contributed by atoms with E-state index in [0.29, 0.717) is 22.3 Å². The van der Waals surface area contributed by atoms with Gasteiger partial charge in [0, 0.05) is 15.9 Å². The maximum atomic E-state index is 13.0. The third-order valence-corrected chi connectivity index (χ3v) is 3.99. The van der Waals surface area contributed by atoms with Crippen molar-refractivity contribution in [2.75, 3.05) is 0 Å². The lowest BCUT2D eigenvalue weighted by atomic mass is 10.0. The molecule has 0 fully saturated rings. The molecule has 0 saturated carbocycles. The Morgan fingerprint density at radius 2 is 1.79 bits per heavy atom. The van der Waals surface area contributed by atoms with Crippen LogP contribution in [-0.4, -0.2) is 11.2 Å². The molecule has 0 aliphatic rings. The van der Waals surface area contributed by atoms with Crippen LogP contribution in [0.4, 0.5) is 4.39 Å². The van der Waals surface area contributed by atoms with Crippen LogP contribution in [0, 0.1) is 5.82 Å². The Morgan fingerprint density at radius 3 is 2.47 bits per heavy atom. The Labute approximate surface area is 125 Å². The first-order chi connectivity index (χ1) is 9.06. The number of halogens is 3. The molecule has 2 aromatic rings. The van der Waals surface area contributed by atoms with Crippen molar-refractivity contribution in [2.24, 2.45) is 0 Å².